The molecule has 0 fully saturated rings. The Morgan fingerprint density at radius 2 is 2.04 bits per heavy atom. The van der Waals surface area contributed by atoms with Crippen LogP contribution in [-0.2, 0) is 6.42 Å². The van der Waals surface area contributed by atoms with Crippen molar-refractivity contribution in [1.82, 2.24) is 15.3 Å². The molecule has 2 N–H and O–H groups in total. The zero-order valence-electron chi connectivity index (χ0n) is 13.6. The number of amides is 1. The Kier molecular flexibility index (Phi) is 4.12. The third-order valence-electron chi connectivity index (χ3n) is 4.43. The molecule has 5 heteroatoms. The highest BCUT2D eigenvalue weighted by Crippen LogP contribution is 2.34. The lowest BCUT2D eigenvalue weighted by Gasteiger charge is -2.30. The van der Waals surface area contributed by atoms with Gasteiger partial charge < -0.3 is 10.6 Å². The number of fused-ring (bicyclic) bond motifs is 1. The first-order chi connectivity index (χ1) is 12.3. The van der Waals surface area contributed by atoms with Crippen molar-refractivity contribution in [3.05, 3.63) is 83.8 Å². The van der Waals surface area contributed by atoms with Gasteiger partial charge in [-0.25, -0.2) is 4.98 Å². The van der Waals surface area contributed by atoms with Crippen LogP contribution in [0.1, 0.15) is 27.4 Å². The van der Waals surface area contributed by atoms with E-state index in [1.807, 2.05) is 24.3 Å². The Morgan fingerprint density at radius 3 is 2.88 bits per heavy atom. The first kappa shape index (κ1) is 15.3. The fourth-order valence-electron chi connectivity index (χ4n) is 3.11. The Labute approximate surface area is 146 Å². The van der Waals surface area contributed by atoms with E-state index >= 15 is 0 Å². The molecule has 0 aliphatic heterocycles. The van der Waals surface area contributed by atoms with Gasteiger partial charge in [0.1, 0.15) is 5.82 Å². The number of aromatic nitrogens is 2. The van der Waals surface area contributed by atoms with Gasteiger partial charge in [-0.2, -0.15) is 0 Å². The number of hydrogen-bond donors (Lipinski definition) is 2. The van der Waals surface area contributed by atoms with E-state index in [1.165, 1.54) is 11.1 Å². The maximum atomic E-state index is 12.4. The summed E-state index contributed by atoms with van der Waals surface area (Å²) in [5.41, 5.74) is 4.17. The molecular formula is C20H18N4O. The van der Waals surface area contributed by atoms with E-state index in [4.69, 9.17) is 0 Å². The van der Waals surface area contributed by atoms with Crippen LogP contribution in [-0.4, -0.2) is 22.4 Å². The maximum Gasteiger partial charge on any atom is 0.251 e. The Hall–Kier alpha value is -3.21. The topological polar surface area (TPSA) is 66.9 Å². The van der Waals surface area contributed by atoms with Crippen molar-refractivity contribution in [3.8, 4) is 0 Å². The Morgan fingerprint density at radius 1 is 1.12 bits per heavy atom. The second kappa shape index (κ2) is 6.73. The van der Waals surface area contributed by atoms with E-state index in [-0.39, 0.29) is 5.91 Å². The number of nitrogens with zero attached hydrogens (tertiary/aromatic N) is 2. The van der Waals surface area contributed by atoms with Crippen molar-refractivity contribution in [2.45, 2.75) is 12.3 Å². The zero-order valence-corrected chi connectivity index (χ0v) is 13.6. The SMILES string of the molecule is O=C(NC[C@H]1Cc2ccccc21)c1cccc(Nc2cnccn2)c1. The molecule has 1 atom stereocenters. The van der Waals surface area contributed by atoms with Gasteiger partial charge in [-0.05, 0) is 35.7 Å². The predicted octanol–water partition coefficient (Wildman–Crippen LogP) is 3.29. The summed E-state index contributed by atoms with van der Waals surface area (Å²) < 4.78 is 0. The Bertz CT molecular complexity index is 895. The monoisotopic (exact) mass is 330 g/mol. The molecule has 2 aromatic carbocycles. The van der Waals surface area contributed by atoms with Gasteiger partial charge in [-0.3, -0.25) is 9.78 Å². The molecule has 1 amide bonds. The minimum atomic E-state index is -0.0628. The third kappa shape index (κ3) is 3.35. The first-order valence-corrected chi connectivity index (χ1v) is 8.29. The summed E-state index contributed by atoms with van der Waals surface area (Å²) >= 11 is 0. The molecular weight excluding hydrogens is 312 g/mol. The van der Waals surface area contributed by atoms with Crippen molar-refractivity contribution in [3.63, 3.8) is 0 Å². The van der Waals surface area contributed by atoms with Gasteiger partial charge in [-0.1, -0.05) is 30.3 Å². The summed E-state index contributed by atoms with van der Waals surface area (Å²) in [6.45, 7) is 0.664. The number of carbonyl (C=O) groups is 1. The molecule has 124 valence electrons. The molecule has 1 aromatic heterocycles. The molecule has 1 aliphatic carbocycles. The fraction of sp³-hybridized carbons (Fsp3) is 0.150. The average molecular weight is 330 g/mol. The van der Waals surface area contributed by atoms with Crippen LogP contribution in [0.25, 0.3) is 0 Å². The van der Waals surface area contributed by atoms with E-state index in [2.05, 4.69) is 44.9 Å². The highest BCUT2D eigenvalue weighted by molar-refractivity contribution is 5.95. The van der Waals surface area contributed by atoms with Crippen molar-refractivity contribution in [1.29, 1.82) is 0 Å². The summed E-state index contributed by atoms with van der Waals surface area (Å²) in [7, 11) is 0. The molecule has 0 saturated carbocycles. The number of hydrogen-bond acceptors (Lipinski definition) is 4. The van der Waals surface area contributed by atoms with Gasteiger partial charge in [0.2, 0.25) is 0 Å². The zero-order chi connectivity index (χ0) is 17.1. The lowest BCUT2D eigenvalue weighted by Crippen LogP contribution is -2.33. The second-order valence-electron chi connectivity index (χ2n) is 6.11. The second-order valence-corrected chi connectivity index (χ2v) is 6.11. The minimum absolute atomic E-state index is 0.0628. The highest BCUT2D eigenvalue weighted by Gasteiger charge is 2.25. The minimum Gasteiger partial charge on any atom is -0.351 e. The maximum absolute atomic E-state index is 12.4. The molecule has 0 bridgehead atoms. The molecule has 0 radical (unpaired) electrons. The molecule has 0 saturated heterocycles. The largest absolute Gasteiger partial charge is 0.351 e. The van der Waals surface area contributed by atoms with Crippen LogP contribution in [0.3, 0.4) is 0 Å². The number of carbonyl (C=O) groups excluding carboxylic acids is 1. The molecule has 0 unspecified atom stereocenters. The van der Waals surface area contributed by atoms with Gasteiger partial charge >= 0.3 is 0 Å². The number of nitrogens with one attached hydrogen (secondary N) is 2. The van der Waals surface area contributed by atoms with Crippen LogP contribution < -0.4 is 10.6 Å². The van der Waals surface area contributed by atoms with Gasteiger partial charge in [0.25, 0.3) is 5.91 Å². The van der Waals surface area contributed by atoms with E-state index in [0.717, 1.165) is 12.1 Å². The van der Waals surface area contributed by atoms with Crippen molar-refractivity contribution in [2.75, 3.05) is 11.9 Å². The van der Waals surface area contributed by atoms with Crippen molar-refractivity contribution < 1.29 is 4.79 Å². The van der Waals surface area contributed by atoms with Gasteiger partial charge in [0.15, 0.2) is 0 Å². The summed E-state index contributed by atoms with van der Waals surface area (Å²) in [5.74, 6) is 0.999. The normalized spacial score (nSPS) is 15.0. The predicted molar refractivity (Wildman–Crippen MR) is 97.0 cm³/mol. The quantitative estimate of drug-likeness (QED) is 0.753. The van der Waals surface area contributed by atoms with E-state index in [9.17, 15) is 4.79 Å². The first-order valence-electron chi connectivity index (χ1n) is 8.29. The molecule has 4 rings (SSSR count). The van der Waals surface area contributed by atoms with Gasteiger partial charge in [-0.15, -0.1) is 0 Å². The number of benzene rings is 2. The fourth-order valence-corrected chi connectivity index (χ4v) is 3.11. The number of rotatable bonds is 5. The lowest BCUT2D eigenvalue weighted by molar-refractivity contribution is 0.0950. The van der Waals surface area contributed by atoms with Gasteiger partial charge in [0, 0.05) is 36.1 Å². The van der Waals surface area contributed by atoms with Crippen LogP contribution in [0.15, 0.2) is 67.1 Å². The van der Waals surface area contributed by atoms with Crippen molar-refractivity contribution in [2.24, 2.45) is 0 Å². The van der Waals surface area contributed by atoms with Gasteiger partial charge in [0.05, 0.1) is 6.20 Å². The van der Waals surface area contributed by atoms with Crippen LogP contribution in [0.2, 0.25) is 0 Å². The van der Waals surface area contributed by atoms with E-state index in [0.29, 0.717) is 23.8 Å². The number of anilines is 2. The summed E-state index contributed by atoms with van der Waals surface area (Å²) in [6.07, 6.45) is 5.91. The highest BCUT2D eigenvalue weighted by atomic mass is 16.1. The molecule has 0 spiro atoms. The summed E-state index contributed by atoms with van der Waals surface area (Å²) in [6, 6.07) is 15.8. The van der Waals surface area contributed by atoms with Crippen molar-refractivity contribution >= 4 is 17.4 Å². The van der Waals surface area contributed by atoms with Crippen LogP contribution in [0, 0.1) is 0 Å². The molecule has 1 aliphatic rings. The third-order valence-corrected chi connectivity index (χ3v) is 4.43. The Balaban J connectivity index is 1.38. The summed E-state index contributed by atoms with van der Waals surface area (Å²) in [5, 5.41) is 6.18. The molecule has 5 nitrogen and oxygen atoms in total. The van der Waals surface area contributed by atoms with Crippen LogP contribution >= 0.6 is 0 Å². The summed E-state index contributed by atoms with van der Waals surface area (Å²) in [4.78, 5) is 20.6. The smallest absolute Gasteiger partial charge is 0.251 e. The van der Waals surface area contributed by atoms with E-state index < -0.39 is 0 Å². The van der Waals surface area contributed by atoms with E-state index in [1.54, 1.807) is 18.6 Å². The molecule has 1 heterocycles. The average Bonchev–Trinajstić information content (AvgIpc) is 2.63. The molecule has 25 heavy (non-hydrogen) atoms. The van der Waals surface area contributed by atoms with Crippen LogP contribution in [0.4, 0.5) is 11.5 Å². The molecule has 3 aromatic rings. The standard InChI is InChI=1S/C20H18N4O/c25-20(23-12-16-10-14-4-1-2-7-18(14)16)15-5-3-6-17(11-15)24-19-13-21-8-9-22-19/h1-9,11,13,16H,10,12H2,(H,22,24)(H,23,25)/t16-/m1/s1. The lowest BCUT2D eigenvalue weighted by atomic mass is 9.77. The van der Waals surface area contributed by atoms with Crippen LogP contribution in [0.5, 0.6) is 0 Å².